The van der Waals surface area contributed by atoms with Gasteiger partial charge in [-0.15, -0.1) is 0 Å². The Morgan fingerprint density at radius 3 is 1.79 bits per heavy atom. The molecule has 8 rings (SSSR count). The smallest absolute Gasteiger partial charge is 0.0641 e. The Morgan fingerprint density at radius 2 is 1.03 bits per heavy atom. The van der Waals surface area contributed by atoms with Crippen molar-refractivity contribution >= 4 is 43.6 Å². The van der Waals surface area contributed by atoms with E-state index < -0.39 is 0 Å². The van der Waals surface area contributed by atoms with Gasteiger partial charge in [0.05, 0.1) is 16.6 Å². The van der Waals surface area contributed by atoms with E-state index in [9.17, 15) is 0 Å². The average molecular weight is 499 g/mol. The van der Waals surface area contributed by atoms with E-state index in [1.807, 2.05) is 0 Å². The van der Waals surface area contributed by atoms with Crippen molar-refractivity contribution in [3.8, 4) is 27.9 Å². The van der Waals surface area contributed by atoms with E-state index in [4.69, 9.17) is 0 Å². The van der Waals surface area contributed by atoms with Gasteiger partial charge in [-0.1, -0.05) is 103 Å². The molecule has 0 saturated heterocycles. The van der Waals surface area contributed by atoms with Crippen LogP contribution in [0, 0.1) is 0 Å². The summed E-state index contributed by atoms with van der Waals surface area (Å²) < 4.78 is 4.76. The minimum atomic E-state index is 1.17. The topological polar surface area (TPSA) is 9.86 Å². The monoisotopic (exact) mass is 498 g/mol. The maximum Gasteiger partial charge on any atom is 0.0641 e. The number of rotatable bonds is 3. The van der Waals surface area contributed by atoms with E-state index >= 15 is 0 Å². The highest BCUT2D eigenvalue weighted by molar-refractivity contribution is 6.25. The average Bonchev–Trinajstić information content (AvgIpc) is 3.50. The molecule has 2 nitrogen and oxygen atoms in total. The van der Waals surface area contributed by atoms with Crippen LogP contribution < -0.4 is 0 Å². The molecular formula is C37H26N2. The molecule has 0 aliphatic heterocycles. The second kappa shape index (κ2) is 8.47. The number of hydrogen-bond acceptors (Lipinski definition) is 0. The highest BCUT2D eigenvalue weighted by Gasteiger charge is 2.18. The summed E-state index contributed by atoms with van der Waals surface area (Å²) in [7, 11) is 2.17. The van der Waals surface area contributed by atoms with Crippen LogP contribution in [0.4, 0.5) is 0 Å². The Morgan fingerprint density at radius 1 is 0.410 bits per heavy atom. The summed E-state index contributed by atoms with van der Waals surface area (Å²) in [6, 6.07) is 50.5. The van der Waals surface area contributed by atoms with Crippen molar-refractivity contribution in [2.75, 3.05) is 0 Å². The van der Waals surface area contributed by atoms with Crippen LogP contribution >= 0.6 is 0 Å². The molecule has 0 saturated carbocycles. The third-order valence-electron chi connectivity index (χ3n) is 8.14. The number of fused-ring (bicyclic) bond motifs is 7. The zero-order valence-corrected chi connectivity index (χ0v) is 21.7. The van der Waals surface area contributed by atoms with Crippen molar-refractivity contribution < 1.29 is 0 Å². The van der Waals surface area contributed by atoms with Gasteiger partial charge in [0.15, 0.2) is 0 Å². The maximum atomic E-state index is 2.45. The summed E-state index contributed by atoms with van der Waals surface area (Å²) in [6.07, 6.45) is 0. The van der Waals surface area contributed by atoms with Crippen LogP contribution in [0.5, 0.6) is 0 Å². The number of aromatic nitrogens is 2. The van der Waals surface area contributed by atoms with Crippen molar-refractivity contribution in [3.05, 3.63) is 140 Å². The third-order valence-corrected chi connectivity index (χ3v) is 8.14. The zero-order chi connectivity index (χ0) is 25.9. The predicted molar refractivity (Wildman–Crippen MR) is 166 cm³/mol. The van der Waals surface area contributed by atoms with Crippen LogP contribution in [-0.4, -0.2) is 9.13 Å². The fourth-order valence-electron chi connectivity index (χ4n) is 6.28. The SMILES string of the molecule is Cn1c2ccccc2c2c1ccc1c3ccccc3n(-c3ccc(-c4cccc(-c5ccccc5)c4)cc3)c12. The van der Waals surface area contributed by atoms with Crippen molar-refractivity contribution in [1.29, 1.82) is 0 Å². The van der Waals surface area contributed by atoms with Gasteiger partial charge in [0.1, 0.15) is 0 Å². The first-order valence-electron chi connectivity index (χ1n) is 13.4. The number of nitrogens with zero attached hydrogens (tertiary/aromatic N) is 2. The molecule has 2 heteroatoms. The predicted octanol–water partition coefficient (Wildman–Crippen LogP) is 9.76. The molecule has 8 aromatic rings. The molecule has 0 bridgehead atoms. The molecule has 0 N–H and O–H groups in total. The Balaban J connectivity index is 1.35. The van der Waals surface area contributed by atoms with Crippen molar-refractivity contribution in [1.82, 2.24) is 9.13 Å². The molecule has 0 fully saturated rings. The molecule has 6 aromatic carbocycles. The molecule has 0 aliphatic rings. The van der Waals surface area contributed by atoms with Gasteiger partial charge in [0.2, 0.25) is 0 Å². The molecule has 2 aromatic heterocycles. The van der Waals surface area contributed by atoms with Gasteiger partial charge >= 0.3 is 0 Å². The Hall–Kier alpha value is -5.08. The Bertz CT molecular complexity index is 2160. The quantitative estimate of drug-likeness (QED) is 0.229. The van der Waals surface area contributed by atoms with E-state index in [-0.39, 0.29) is 0 Å². The molecule has 0 atom stereocenters. The minimum absolute atomic E-state index is 1.17. The highest BCUT2D eigenvalue weighted by atomic mass is 15.0. The number of para-hydroxylation sites is 2. The summed E-state index contributed by atoms with van der Waals surface area (Å²) in [5, 5.41) is 5.16. The lowest BCUT2D eigenvalue weighted by Gasteiger charge is -2.11. The van der Waals surface area contributed by atoms with Gasteiger partial charge in [-0.05, 0) is 58.7 Å². The summed E-state index contributed by atoms with van der Waals surface area (Å²) in [4.78, 5) is 0. The second-order valence-corrected chi connectivity index (χ2v) is 10.3. The van der Waals surface area contributed by atoms with Crippen molar-refractivity contribution in [2.24, 2.45) is 7.05 Å². The van der Waals surface area contributed by atoms with Gasteiger partial charge in [0.25, 0.3) is 0 Å². The van der Waals surface area contributed by atoms with Crippen molar-refractivity contribution in [3.63, 3.8) is 0 Å². The number of hydrogen-bond donors (Lipinski definition) is 0. The molecule has 0 radical (unpaired) electrons. The largest absolute Gasteiger partial charge is 0.344 e. The second-order valence-electron chi connectivity index (χ2n) is 10.3. The standard InChI is InChI=1S/C37H26N2/c1-38-33-16-7-6-15-32(33)36-35(38)23-22-31-30-14-5-8-17-34(30)39(37(31)36)29-20-18-26(19-21-29)28-13-9-12-27(24-28)25-10-3-2-4-11-25/h2-24H,1H3. The fraction of sp³-hybridized carbons (Fsp3) is 0.0270. The van der Waals surface area contributed by atoms with Gasteiger partial charge < -0.3 is 9.13 Å². The van der Waals surface area contributed by atoms with Gasteiger partial charge in [-0.3, -0.25) is 0 Å². The van der Waals surface area contributed by atoms with Gasteiger partial charge in [-0.2, -0.15) is 0 Å². The van der Waals surface area contributed by atoms with Crippen LogP contribution in [0.1, 0.15) is 0 Å². The van der Waals surface area contributed by atoms with E-state index in [0.717, 1.165) is 0 Å². The molecule has 39 heavy (non-hydrogen) atoms. The van der Waals surface area contributed by atoms with E-state index in [2.05, 4.69) is 156 Å². The summed E-state index contributed by atoms with van der Waals surface area (Å²) in [6.45, 7) is 0. The van der Waals surface area contributed by atoms with Crippen LogP contribution in [0.15, 0.2) is 140 Å². The molecule has 2 heterocycles. The van der Waals surface area contributed by atoms with Crippen LogP contribution in [0.3, 0.4) is 0 Å². The molecular weight excluding hydrogens is 472 g/mol. The zero-order valence-electron chi connectivity index (χ0n) is 21.7. The normalized spacial score (nSPS) is 11.7. The first-order valence-corrected chi connectivity index (χ1v) is 13.4. The first-order chi connectivity index (χ1) is 19.3. The molecule has 0 aliphatic carbocycles. The molecule has 0 spiro atoms. The first kappa shape index (κ1) is 22.0. The lowest BCUT2D eigenvalue weighted by Crippen LogP contribution is -1.94. The van der Waals surface area contributed by atoms with E-state index in [0.29, 0.717) is 0 Å². The van der Waals surface area contributed by atoms with Crippen LogP contribution in [0.2, 0.25) is 0 Å². The Kier molecular flexibility index (Phi) is 4.77. The number of aryl methyl sites for hydroxylation is 1. The van der Waals surface area contributed by atoms with Crippen molar-refractivity contribution in [2.45, 2.75) is 0 Å². The minimum Gasteiger partial charge on any atom is -0.344 e. The molecule has 184 valence electrons. The van der Waals surface area contributed by atoms with Crippen LogP contribution in [0.25, 0.3) is 71.6 Å². The molecule has 0 amide bonds. The van der Waals surface area contributed by atoms with E-state index in [1.54, 1.807) is 0 Å². The third kappa shape index (κ3) is 3.28. The van der Waals surface area contributed by atoms with Crippen LogP contribution in [-0.2, 0) is 7.05 Å². The lowest BCUT2D eigenvalue weighted by molar-refractivity contribution is 1.01. The summed E-state index contributed by atoms with van der Waals surface area (Å²) >= 11 is 0. The lowest BCUT2D eigenvalue weighted by atomic mass is 9.99. The number of benzene rings is 6. The fourth-order valence-corrected chi connectivity index (χ4v) is 6.28. The maximum absolute atomic E-state index is 2.45. The Labute approximate surface area is 227 Å². The van der Waals surface area contributed by atoms with Gasteiger partial charge in [-0.25, -0.2) is 0 Å². The summed E-state index contributed by atoms with van der Waals surface area (Å²) in [5.41, 5.74) is 11.1. The van der Waals surface area contributed by atoms with E-state index in [1.165, 1.54) is 71.6 Å². The molecule has 0 unspecified atom stereocenters. The van der Waals surface area contributed by atoms with Gasteiger partial charge in [0, 0.05) is 39.8 Å². The summed E-state index contributed by atoms with van der Waals surface area (Å²) in [5.74, 6) is 0. The highest BCUT2D eigenvalue weighted by Crippen LogP contribution is 2.40.